The molecule has 0 atom stereocenters. The first-order chi connectivity index (χ1) is 12.1. The van der Waals surface area contributed by atoms with Crippen molar-refractivity contribution in [1.29, 1.82) is 0 Å². The lowest BCUT2D eigenvalue weighted by atomic mass is 9.82. The van der Waals surface area contributed by atoms with Crippen LogP contribution in [0.5, 0.6) is 0 Å². The Balaban J connectivity index is 1.63. The summed E-state index contributed by atoms with van der Waals surface area (Å²) in [5.74, 6) is -0.117. The van der Waals surface area contributed by atoms with Gasteiger partial charge < -0.3 is 10.8 Å². The molecule has 3 N–H and O–H groups in total. The molecule has 0 saturated heterocycles. The number of benzene rings is 1. The van der Waals surface area contributed by atoms with Gasteiger partial charge in [0.25, 0.3) is 5.95 Å². The Morgan fingerprint density at radius 1 is 1.20 bits per heavy atom. The second-order valence-corrected chi connectivity index (χ2v) is 6.58. The molecule has 0 aliphatic heterocycles. The van der Waals surface area contributed by atoms with Crippen LogP contribution >= 0.6 is 0 Å². The van der Waals surface area contributed by atoms with Crippen LogP contribution in [0.25, 0.3) is 16.9 Å². The zero-order valence-corrected chi connectivity index (χ0v) is 13.7. The monoisotopic (exact) mass is 337 g/mol. The Morgan fingerprint density at radius 3 is 2.72 bits per heavy atom. The largest absolute Gasteiger partial charge is 0.478 e. The highest BCUT2D eigenvalue weighted by Crippen LogP contribution is 2.33. The molecule has 3 aromatic rings. The van der Waals surface area contributed by atoms with Crippen molar-refractivity contribution in [2.75, 3.05) is 0 Å². The van der Waals surface area contributed by atoms with Crippen molar-refractivity contribution in [2.45, 2.75) is 37.6 Å². The number of hydrogen-bond acceptors (Lipinski definition) is 5. The van der Waals surface area contributed by atoms with Gasteiger partial charge in [0.1, 0.15) is 0 Å². The predicted octanol–water partition coefficient (Wildman–Crippen LogP) is 2.50. The van der Waals surface area contributed by atoms with Gasteiger partial charge in [0.2, 0.25) is 0 Å². The third kappa shape index (κ3) is 3.10. The van der Waals surface area contributed by atoms with E-state index < -0.39 is 5.97 Å². The Bertz CT molecular complexity index is 928. The predicted molar refractivity (Wildman–Crippen MR) is 92.8 cm³/mol. The van der Waals surface area contributed by atoms with E-state index in [0.717, 1.165) is 36.6 Å². The normalized spacial score (nSPS) is 20.7. The average molecular weight is 337 g/mol. The standard InChI is InChI=1S/C18H19N5O2/c19-15-4-1-11(2-5-15)12-3-6-16-13(7-12)8-20-18(22-16)23-10-14(9-21-23)17(24)25/h3,6-11,15H,1-2,4-5,19H2,(H,24,25). The molecule has 0 bridgehead atoms. The second kappa shape index (κ2) is 6.25. The van der Waals surface area contributed by atoms with Gasteiger partial charge in [-0.25, -0.2) is 19.4 Å². The molecule has 0 radical (unpaired) electrons. The molecule has 1 aliphatic rings. The van der Waals surface area contributed by atoms with E-state index in [0.29, 0.717) is 17.9 Å². The van der Waals surface area contributed by atoms with Gasteiger partial charge in [0, 0.05) is 23.8 Å². The molecule has 25 heavy (non-hydrogen) atoms. The van der Waals surface area contributed by atoms with E-state index in [1.165, 1.54) is 22.6 Å². The number of hydrogen-bond donors (Lipinski definition) is 2. The highest BCUT2D eigenvalue weighted by Gasteiger charge is 2.20. The van der Waals surface area contributed by atoms with Crippen molar-refractivity contribution >= 4 is 16.9 Å². The number of fused-ring (bicyclic) bond motifs is 1. The van der Waals surface area contributed by atoms with Gasteiger partial charge in [-0.2, -0.15) is 5.10 Å². The molecule has 1 saturated carbocycles. The SMILES string of the molecule is NC1CCC(c2ccc3nc(-n4cc(C(=O)O)cn4)ncc3c2)CC1. The third-order valence-corrected chi connectivity index (χ3v) is 4.87. The Morgan fingerprint density at radius 2 is 2.00 bits per heavy atom. The summed E-state index contributed by atoms with van der Waals surface area (Å²) in [6, 6.07) is 6.59. The van der Waals surface area contributed by atoms with Gasteiger partial charge in [-0.05, 0) is 49.3 Å². The summed E-state index contributed by atoms with van der Waals surface area (Å²) in [6.45, 7) is 0. The minimum absolute atomic E-state index is 0.106. The fraction of sp³-hybridized carbons (Fsp3) is 0.333. The number of nitrogens with zero attached hydrogens (tertiary/aromatic N) is 4. The maximum absolute atomic E-state index is 11.0. The van der Waals surface area contributed by atoms with Crippen molar-refractivity contribution in [3.05, 3.63) is 47.9 Å². The van der Waals surface area contributed by atoms with E-state index in [2.05, 4.69) is 27.2 Å². The average Bonchev–Trinajstić information content (AvgIpc) is 3.12. The van der Waals surface area contributed by atoms with Gasteiger partial charge in [0.05, 0.1) is 17.3 Å². The molecule has 0 spiro atoms. The van der Waals surface area contributed by atoms with Crippen LogP contribution in [0.2, 0.25) is 0 Å². The number of aromatic nitrogens is 4. The van der Waals surface area contributed by atoms with Crippen LogP contribution in [0.4, 0.5) is 0 Å². The van der Waals surface area contributed by atoms with Crippen molar-refractivity contribution in [2.24, 2.45) is 5.73 Å². The fourth-order valence-electron chi connectivity index (χ4n) is 3.40. The van der Waals surface area contributed by atoms with Crippen LogP contribution in [-0.2, 0) is 0 Å². The van der Waals surface area contributed by atoms with Gasteiger partial charge in [-0.15, -0.1) is 0 Å². The highest BCUT2D eigenvalue weighted by atomic mass is 16.4. The van der Waals surface area contributed by atoms with Crippen LogP contribution in [-0.4, -0.2) is 36.9 Å². The van der Waals surface area contributed by atoms with Crippen molar-refractivity contribution < 1.29 is 9.90 Å². The maximum atomic E-state index is 11.0. The van der Waals surface area contributed by atoms with Gasteiger partial charge >= 0.3 is 5.97 Å². The van der Waals surface area contributed by atoms with Crippen molar-refractivity contribution in [3.8, 4) is 5.95 Å². The zero-order valence-electron chi connectivity index (χ0n) is 13.7. The molecule has 128 valence electrons. The molecule has 2 heterocycles. The fourth-order valence-corrected chi connectivity index (χ4v) is 3.40. The summed E-state index contributed by atoms with van der Waals surface area (Å²) in [7, 11) is 0. The molecular formula is C18H19N5O2. The quantitative estimate of drug-likeness (QED) is 0.760. The Hall–Kier alpha value is -2.80. The number of aromatic carboxylic acids is 1. The third-order valence-electron chi connectivity index (χ3n) is 4.87. The number of carboxylic acid groups (broad SMARTS) is 1. The lowest BCUT2D eigenvalue weighted by molar-refractivity contribution is 0.0697. The first kappa shape index (κ1) is 15.7. The van der Waals surface area contributed by atoms with E-state index in [9.17, 15) is 4.79 Å². The first-order valence-corrected chi connectivity index (χ1v) is 8.41. The first-order valence-electron chi connectivity index (χ1n) is 8.41. The molecule has 0 unspecified atom stereocenters. The van der Waals surface area contributed by atoms with E-state index >= 15 is 0 Å². The molecule has 1 fully saturated rings. The Labute approximate surface area is 144 Å². The summed E-state index contributed by atoms with van der Waals surface area (Å²) >= 11 is 0. The Kier molecular flexibility index (Phi) is 3.93. The summed E-state index contributed by atoms with van der Waals surface area (Å²) in [5.41, 5.74) is 8.22. The molecule has 1 aliphatic carbocycles. The second-order valence-electron chi connectivity index (χ2n) is 6.58. The smallest absolute Gasteiger partial charge is 0.338 e. The minimum atomic E-state index is -1.02. The summed E-state index contributed by atoms with van der Waals surface area (Å²) < 4.78 is 1.37. The summed E-state index contributed by atoms with van der Waals surface area (Å²) in [5, 5.41) is 14.0. The van der Waals surface area contributed by atoms with E-state index in [4.69, 9.17) is 10.8 Å². The minimum Gasteiger partial charge on any atom is -0.478 e. The maximum Gasteiger partial charge on any atom is 0.338 e. The lowest BCUT2D eigenvalue weighted by Gasteiger charge is -2.26. The summed E-state index contributed by atoms with van der Waals surface area (Å²) in [4.78, 5) is 19.8. The molecule has 7 nitrogen and oxygen atoms in total. The van der Waals surface area contributed by atoms with E-state index in [1.54, 1.807) is 6.20 Å². The van der Waals surface area contributed by atoms with Crippen LogP contribution in [0.15, 0.2) is 36.8 Å². The number of rotatable bonds is 3. The topological polar surface area (TPSA) is 107 Å². The lowest BCUT2D eigenvalue weighted by Crippen LogP contribution is -2.25. The molecular weight excluding hydrogens is 318 g/mol. The zero-order chi connectivity index (χ0) is 17.4. The van der Waals surface area contributed by atoms with Crippen LogP contribution in [0.3, 0.4) is 0 Å². The number of carbonyl (C=O) groups is 1. The summed E-state index contributed by atoms with van der Waals surface area (Å²) in [6.07, 6.45) is 8.84. The molecule has 4 rings (SSSR count). The van der Waals surface area contributed by atoms with Gasteiger partial charge in [0.15, 0.2) is 0 Å². The molecule has 7 heteroatoms. The van der Waals surface area contributed by atoms with Crippen LogP contribution < -0.4 is 5.73 Å². The van der Waals surface area contributed by atoms with Crippen LogP contribution in [0, 0.1) is 0 Å². The molecule has 1 aromatic carbocycles. The number of nitrogens with two attached hydrogens (primary N) is 1. The van der Waals surface area contributed by atoms with Crippen molar-refractivity contribution in [1.82, 2.24) is 19.7 Å². The van der Waals surface area contributed by atoms with Crippen molar-refractivity contribution in [3.63, 3.8) is 0 Å². The highest BCUT2D eigenvalue weighted by molar-refractivity contribution is 5.87. The van der Waals surface area contributed by atoms with E-state index in [1.807, 2.05) is 6.07 Å². The van der Waals surface area contributed by atoms with E-state index in [-0.39, 0.29) is 5.56 Å². The van der Waals surface area contributed by atoms with Gasteiger partial charge in [-0.3, -0.25) is 0 Å². The number of carboxylic acids is 1. The van der Waals surface area contributed by atoms with Gasteiger partial charge in [-0.1, -0.05) is 6.07 Å². The molecule has 2 aromatic heterocycles. The van der Waals surface area contributed by atoms with Crippen LogP contribution in [0.1, 0.15) is 47.5 Å². The molecule has 0 amide bonds.